The Morgan fingerprint density at radius 3 is 2.27 bits per heavy atom. The van der Waals surface area contributed by atoms with Gasteiger partial charge in [-0.1, -0.05) is 36.7 Å². The lowest BCUT2D eigenvalue weighted by Gasteiger charge is -2.22. The molecule has 1 aliphatic rings. The molecule has 0 fully saturated rings. The number of hydrogen-bond acceptors (Lipinski definition) is 1. The maximum absolute atomic E-state index is 11.0. The van der Waals surface area contributed by atoms with Crippen LogP contribution in [-0.4, -0.2) is 10.6 Å². The van der Waals surface area contributed by atoms with E-state index < -0.39 is 0 Å². The van der Waals surface area contributed by atoms with Gasteiger partial charge in [-0.2, -0.15) is 0 Å². The summed E-state index contributed by atoms with van der Waals surface area (Å²) in [5.41, 5.74) is 1.35. The van der Waals surface area contributed by atoms with Crippen molar-refractivity contribution < 1.29 is 4.79 Å². The van der Waals surface area contributed by atoms with Crippen LogP contribution in [-0.2, 0) is 4.79 Å². The second-order valence-corrected chi connectivity index (χ2v) is 5.09. The van der Waals surface area contributed by atoms with Gasteiger partial charge in [-0.05, 0) is 17.1 Å². The Balaban J connectivity index is 2.88. The molecule has 0 aromatic rings. The monoisotopic (exact) mass is 216 g/mol. The molecule has 0 N–H and O–H groups in total. The van der Waals surface area contributed by atoms with Crippen LogP contribution in [0, 0.1) is 5.41 Å². The van der Waals surface area contributed by atoms with E-state index >= 15 is 0 Å². The van der Waals surface area contributed by atoms with Crippen LogP contribution in [0.5, 0.6) is 0 Å². The molecule has 0 aliphatic heterocycles. The fourth-order valence-electron chi connectivity index (χ4n) is 1.30. The number of hydrogen-bond donors (Lipinski definition) is 0. The van der Waals surface area contributed by atoms with Crippen LogP contribution < -0.4 is 0 Å². The van der Waals surface area contributed by atoms with Crippen LogP contribution in [0.2, 0.25) is 0 Å². The maximum Gasteiger partial charge on any atom is 0.157 e. The first kappa shape index (κ1) is 8.98. The molecule has 2 heteroatoms. The van der Waals surface area contributed by atoms with E-state index in [1.54, 1.807) is 6.08 Å². The normalized spacial score (nSPS) is 25.6. The molecular weight excluding hydrogens is 204 g/mol. The van der Waals surface area contributed by atoms with Gasteiger partial charge in [0.1, 0.15) is 0 Å². The average molecular weight is 217 g/mol. The summed E-state index contributed by atoms with van der Waals surface area (Å²) in [5.74, 6) is 0.247. The van der Waals surface area contributed by atoms with Gasteiger partial charge in [-0.15, -0.1) is 0 Å². The molecule has 0 radical (unpaired) electrons. The molecular formula is C9H13BrO. The third-order valence-electron chi connectivity index (χ3n) is 1.90. The van der Waals surface area contributed by atoms with E-state index in [0.717, 1.165) is 0 Å². The SMILES string of the molecule is CC(C)(C)C1=CC(=O)CC1Br. The van der Waals surface area contributed by atoms with Crippen LogP contribution in [0.3, 0.4) is 0 Å². The molecule has 0 aromatic carbocycles. The van der Waals surface area contributed by atoms with Gasteiger partial charge in [-0.3, -0.25) is 4.79 Å². The molecule has 11 heavy (non-hydrogen) atoms. The van der Waals surface area contributed by atoms with E-state index in [2.05, 4.69) is 36.7 Å². The molecule has 0 bridgehead atoms. The van der Waals surface area contributed by atoms with Crippen molar-refractivity contribution in [3.05, 3.63) is 11.6 Å². The van der Waals surface area contributed by atoms with E-state index in [-0.39, 0.29) is 16.0 Å². The molecule has 1 aliphatic carbocycles. The molecule has 0 spiro atoms. The van der Waals surface area contributed by atoms with Gasteiger partial charge >= 0.3 is 0 Å². The number of carbonyl (C=O) groups excluding carboxylic acids is 1. The Bertz CT molecular complexity index is 210. The summed E-state index contributed by atoms with van der Waals surface area (Å²) in [7, 11) is 0. The van der Waals surface area contributed by atoms with E-state index in [1.165, 1.54) is 5.57 Å². The summed E-state index contributed by atoms with van der Waals surface area (Å²) in [6.45, 7) is 6.39. The highest BCUT2D eigenvalue weighted by Gasteiger charge is 2.30. The maximum atomic E-state index is 11.0. The zero-order valence-corrected chi connectivity index (χ0v) is 8.73. The van der Waals surface area contributed by atoms with Gasteiger partial charge in [0.05, 0.1) is 0 Å². The summed E-state index contributed by atoms with van der Waals surface area (Å²) < 4.78 is 0. The van der Waals surface area contributed by atoms with Gasteiger partial charge in [-0.25, -0.2) is 0 Å². The minimum Gasteiger partial charge on any atom is -0.295 e. The largest absolute Gasteiger partial charge is 0.295 e. The second kappa shape index (κ2) is 2.74. The first-order chi connectivity index (χ1) is 4.91. The van der Waals surface area contributed by atoms with E-state index in [1.807, 2.05) is 0 Å². The highest BCUT2D eigenvalue weighted by molar-refractivity contribution is 9.09. The second-order valence-electron chi connectivity index (χ2n) is 3.99. The lowest BCUT2D eigenvalue weighted by Crippen LogP contribution is -2.14. The first-order valence-corrected chi connectivity index (χ1v) is 4.72. The fraction of sp³-hybridized carbons (Fsp3) is 0.667. The summed E-state index contributed by atoms with van der Waals surface area (Å²) in [6.07, 6.45) is 2.41. The summed E-state index contributed by atoms with van der Waals surface area (Å²) >= 11 is 3.49. The molecule has 62 valence electrons. The number of ketones is 1. The predicted octanol–water partition coefficient (Wildman–Crippen LogP) is 2.70. The molecule has 0 saturated carbocycles. The van der Waals surface area contributed by atoms with Gasteiger partial charge in [0.25, 0.3) is 0 Å². The molecule has 0 amide bonds. The number of alkyl halides is 1. The van der Waals surface area contributed by atoms with E-state index in [4.69, 9.17) is 0 Å². The molecule has 1 unspecified atom stereocenters. The molecule has 0 aromatic heterocycles. The standard InChI is InChI=1S/C9H13BrO/c1-9(2,3)7-4-6(11)5-8(7)10/h4,8H,5H2,1-3H3. The molecule has 1 nitrogen and oxygen atoms in total. The minimum absolute atomic E-state index is 0.125. The van der Waals surface area contributed by atoms with Crippen molar-refractivity contribution in [2.45, 2.75) is 32.0 Å². The van der Waals surface area contributed by atoms with Crippen LogP contribution in [0.25, 0.3) is 0 Å². The van der Waals surface area contributed by atoms with Crippen LogP contribution in [0.4, 0.5) is 0 Å². The molecule has 0 heterocycles. The highest BCUT2D eigenvalue weighted by atomic mass is 79.9. The van der Waals surface area contributed by atoms with Gasteiger partial charge in [0.15, 0.2) is 5.78 Å². The third-order valence-corrected chi connectivity index (χ3v) is 2.72. The van der Waals surface area contributed by atoms with E-state index in [9.17, 15) is 4.79 Å². The summed E-state index contributed by atoms with van der Waals surface area (Å²) in [6, 6.07) is 0. The van der Waals surface area contributed by atoms with Crippen LogP contribution >= 0.6 is 15.9 Å². The van der Waals surface area contributed by atoms with Gasteiger partial charge in [0.2, 0.25) is 0 Å². The number of rotatable bonds is 0. The Labute approximate surface area is 76.0 Å². The van der Waals surface area contributed by atoms with Gasteiger partial charge < -0.3 is 0 Å². The van der Waals surface area contributed by atoms with Crippen LogP contribution in [0.1, 0.15) is 27.2 Å². The van der Waals surface area contributed by atoms with Crippen molar-refractivity contribution in [1.82, 2.24) is 0 Å². The zero-order valence-electron chi connectivity index (χ0n) is 7.15. The van der Waals surface area contributed by atoms with Crippen molar-refractivity contribution in [2.24, 2.45) is 5.41 Å². The topological polar surface area (TPSA) is 17.1 Å². The molecule has 1 rings (SSSR count). The van der Waals surface area contributed by atoms with Crippen molar-refractivity contribution in [3.63, 3.8) is 0 Å². The number of halogens is 1. The summed E-state index contributed by atoms with van der Waals surface area (Å²) in [4.78, 5) is 11.3. The Morgan fingerprint density at radius 1 is 1.55 bits per heavy atom. The minimum atomic E-state index is 0.125. The van der Waals surface area contributed by atoms with Crippen molar-refractivity contribution in [3.8, 4) is 0 Å². The number of allylic oxidation sites excluding steroid dienone is 2. The fourth-order valence-corrected chi connectivity index (χ4v) is 2.43. The Kier molecular flexibility index (Phi) is 2.24. The smallest absolute Gasteiger partial charge is 0.157 e. The molecule has 1 atom stereocenters. The van der Waals surface area contributed by atoms with Crippen molar-refractivity contribution >= 4 is 21.7 Å². The first-order valence-electron chi connectivity index (χ1n) is 3.80. The lowest BCUT2D eigenvalue weighted by molar-refractivity contribution is -0.113. The van der Waals surface area contributed by atoms with Gasteiger partial charge in [0, 0.05) is 11.2 Å². The Hall–Kier alpha value is -0.110. The quantitative estimate of drug-likeness (QED) is 0.570. The van der Waals surface area contributed by atoms with E-state index in [0.29, 0.717) is 6.42 Å². The average Bonchev–Trinajstić information content (AvgIpc) is 2.08. The zero-order chi connectivity index (χ0) is 8.65. The summed E-state index contributed by atoms with van der Waals surface area (Å²) in [5, 5.41) is 0. The molecule has 0 saturated heterocycles. The number of carbonyl (C=O) groups is 1. The lowest BCUT2D eigenvalue weighted by atomic mass is 9.86. The predicted molar refractivity (Wildman–Crippen MR) is 49.9 cm³/mol. The van der Waals surface area contributed by atoms with Crippen molar-refractivity contribution in [2.75, 3.05) is 0 Å². The van der Waals surface area contributed by atoms with Crippen LogP contribution in [0.15, 0.2) is 11.6 Å². The Morgan fingerprint density at radius 2 is 2.09 bits per heavy atom. The third kappa shape index (κ3) is 1.92. The van der Waals surface area contributed by atoms with Crippen molar-refractivity contribution in [1.29, 1.82) is 0 Å². The highest BCUT2D eigenvalue weighted by Crippen LogP contribution is 2.36.